The molecule has 1 aliphatic rings. The van der Waals surface area contributed by atoms with Crippen molar-refractivity contribution < 1.29 is 19.4 Å². The molecule has 0 bridgehead atoms. The topological polar surface area (TPSA) is 55.8 Å². The smallest absolute Gasteiger partial charge is 0.168 e. The monoisotopic (exact) mass is 324 g/mol. The maximum atomic E-state index is 11.0. The van der Waals surface area contributed by atoms with E-state index in [2.05, 4.69) is 0 Å². The van der Waals surface area contributed by atoms with Crippen LogP contribution in [0.3, 0.4) is 0 Å². The number of methoxy groups -OCH3 is 1. The lowest BCUT2D eigenvalue weighted by Gasteiger charge is -2.07. The Kier molecular flexibility index (Phi) is 4.85. The van der Waals surface area contributed by atoms with E-state index in [0.717, 1.165) is 29.4 Å². The second kappa shape index (κ2) is 7.21. The molecule has 0 atom stereocenters. The maximum absolute atomic E-state index is 11.0. The fraction of sp³-hybridized carbons (Fsp3) is 0.250. The molecular formula is C20H20O4. The molecule has 0 radical (unpaired) electrons. The van der Waals surface area contributed by atoms with Crippen LogP contribution in [0.5, 0.6) is 17.2 Å². The second-order valence-corrected chi connectivity index (χ2v) is 5.94. The molecule has 1 fully saturated rings. The fourth-order valence-electron chi connectivity index (χ4n) is 2.36. The van der Waals surface area contributed by atoms with Gasteiger partial charge in [0.05, 0.1) is 19.3 Å². The van der Waals surface area contributed by atoms with Crippen molar-refractivity contribution in [3.63, 3.8) is 0 Å². The molecule has 2 aromatic carbocycles. The van der Waals surface area contributed by atoms with E-state index in [1.165, 1.54) is 20.0 Å². The molecule has 0 heterocycles. The Morgan fingerprint density at radius 1 is 1.12 bits per heavy atom. The highest BCUT2D eigenvalue weighted by Crippen LogP contribution is 2.31. The van der Waals surface area contributed by atoms with Gasteiger partial charge in [0.1, 0.15) is 5.75 Å². The molecule has 0 saturated heterocycles. The van der Waals surface area contributed by atoms with Crippen molar-refractivity contribution in [3.05, 3.63) is 53.1 Å². The third-order valence-corrected chi connectivity index (χ3v) is 4.00. The van der Waals surface area contributed by atoms with Gasteiger partial charge in [0.15, 0.2) is 17.8 Å². The lowest BCUT2D eigenvalue weighted by Crippen LogP contribution is -1.98. The number of phenols is 1. The Morgan fingerprint density at radius 3 is 2.46 bits per heavy atom. The van der Waals surface area contributed by atoms with Gasteiger partial charge in [-0.3, -0.25) is 4.79 Å². The molecule has 2 aromatic rings. The summed E-state index contributed by atoms with van der Waals surface area (Å²) in [4.78, 5) is 11.0. The molecule has 4 nitrogen and oxygen atoms in total. The summed E-state index contributed by atoms with van der Waals surface area (Å²) in [5, 5.41) is 9.83. The minimum atomic E-state index is -0.137. The van der Waals surface area contributed by atoms with Crippen molar-refractivity contribution >= 4 is 18.4 Å². The summed E-state index contributed by atoms with van der Waals surface area (Å²) in [7, 11) is 1.46. The third kappa shape index (κ3) is 3.96. The van der Waals surface area contributed by atoms with E-state index in [1.54, 1.807) is 12.1 Å². The van der Waals surface area contributed by atoms with Crippen LogP contribution < -0.4 is 9.47 Å². The first-order valence-corrected chi connectivity index (χ1v) is 7.96. The highest BCUT2D eigenvalue weighted by atomic mass is 16.5. The van der Waals surface area contributed by atoms with Gasteiger partial charge in [-0.2, -0.15) is 0 Å². The predicted octanol–water partition coefficient (Wildman–Crippen LogP) is 4.17. The van der Waals surface area contributed by atoms with E-state index in [4.69, 9.17) is 9.47 Å². The van der Waals surface area contributed by atoms with E-state index in [1.807, 2.05) is 36.4 Å². The summed E-state index contributed by atoms with van der Waals surface area (Å²) in [5.74, 6) is 1.76. The van der Waals surface area contributed by atoms with Crippen LogP contribution in [0.2, 0.25) is 0 Å². The normalized spacial score (nSPS) is 13.9. The van der Waals surface area contributed by atoms with Crippen molar-refractivity contribution in [2.24, 2.45) is 5.92 Å². The van der Waals surface area contributed by atoms with Crippen LogP contribution in [0, 0.1) is 5.92 Å². The average Bonchev–Trinajstić information content (AvgIpc) is 3.44. The maximum Gasteiger partial charge on any atom is 0.168 e. The highest BCUT2D eigenvalue weighted by Gasteiger charge is 2.21. The SMILES string of the molecule is COc1cc(C=Cc2ccc(OCC3CC3)cc2)cc(C=O)c1O. The van der Waals surface area contributed by atoms with Crippen molar-refractivity contribution in [3.8, 4) is 17.2 Å². The molecular weight excluding hydrogens is 304 g/mol. The number of carbonyl (C=O) groups is 1. The van der Waals surface area contributed by atoms with Crippen LogP contribution in [0.1, 0.15) is 34.3 Å². The van der Waals surface area contributed by atoms with E-state index in [9.17, 15) is 9.90 Å². The number of aldehydes is 1. The van der Waals surface area contributed by atoms with Crippen LogP contribution in [-0.4, -0.2) is 25.1 Å². The number of benzene rings is 2. The van der Waals surface area contributed by atoms with Gasteiger partial charge < -0.3 is 14.6 Å². The quantitative estimate of drug-likeness (QED) is 0.613. The molecule has 0 amide bonds. The molecule has 24 heavy (non-hydrogen) atoms. The number of ether oxygens (including phenoxy) is 2. The Bertz CT molecular complexity index is 743. The van der Waals surface area contributed by atoms with Gasteiger partial charge in [-0.15, -0.1) is 0 Å². The summed E-state index contributed by atoms with van der Waals surface area (Å²) in [5.41, 5.74) is 2.01. The molecule has 0 spiro atoms. The molecule has 0 aliphatic heterocycles. The van der Waals surface area contributed by atoms with Crippen molar-refractivity contribution in [2.45, 2.75) is 12.8 Å². The van der Waals surface area contributed by atoms with Crippen LogP contribution >= 0.6 is 0 Å². The predicted molar refractivity (Wildman–Crippen MR) is 93.6 cm³/mol. The Hall–Kier alpha value is -2.75. The van der Waals surface area contributed by atoms with E-state index < -0.39 is 0 Å². The molecule has 0 unspecified atom stereocenters. The Balaban J connectivity index is 1.71. The van der Waals surface area contributed by atoms with Crippen LogP contribution in [-0.2, 0) is 0 Å². The van der Waals surface area contributed by atoms with E-state index in [-0.39, 0.29) is 17.1 Å². The van der Waals surface area contributed by atoms with Gasteiger partial charge in [0.2, 0.25) is 0 Å². The highest BCUT2D eigenvalue weighted by molar-refractivity contribution is 5.84. The summed E-state index contributed by atoms with van der Waals surface area (Å²) in [6.07, 6.45) is 6.97. The van der Waals surface area contributed by atoms with Crippen molar-refractivity contribution in [2.75, 3.05) is 13.7 Å². The van der Waals surface area contributed by atoms with Gasteiger partial charge in [-0.05, 0) is 54.2 Å². The molecule has 0 aromatic heterocycles. The van der Waals surface area contributed by atoms with Crippen LogP contribution in [0.4, 0.5) is 0 Å². The Labute approximate surface area is 141 Å². The van der Waals surface area contributed by atoms with Gasteiger partial charge in [0.25, 0.3) is 0 Å². The Morgan fingerprint density at radius 2 is 1.83 bits per heavy atom. The molecule has 1 N–H and O–H groups in total. The van der Waals surface area contributed by atoms with E-state index in [0.29, 0.717) is 6.29 Å². The van der Waals surface area contributed by atoms with Crippen molar-refractivity contribution in [1.29, 1.82) is 0 Å². The third-order valence-electron chi connectivity index (χ3n) is 4.00. The van der Waals surface area contributed by atoms with Gasteiger partial charge in [-0.1, -0.05) is 24.3 Å². The summed E-state index contributed by atoms with van der Waals surface area (Å²) in [6.45, 7) is 0.803. The first-order valence-electron chi connectivity index (χ1n) is 7.96. The number of hydrogen-bond donors (Lipinski definition) is 1. The standard InChI is InChI=1S/C20H20O4/c1-23-19-11-16(10-17(12-21)20(19)22)5-2-14-6-8-18(9-7-14)24-13-15-3-4-15/h2,5-12,15,22H,3-4,13H2,1H3. The van der Waals surface area contributed by atoms with E-state index >= 15 is 0 Å². The molecule has 3 rings (SSSR count). The first kappa shape index (κ1) is 16.1. The molecule has 1 aliphatic carbocycles. The summed E-state index contributed by atoms with van der Waals surface area (Å²) < 4.78 is 10.8. The first-order chi connectivity index (χ1) is 11.7. The number of rotatable bonds is 7. The number of phenolic OH excluding ortho intramolecular Hbond substituents is 1. The van der Waals surface area contributed by atoms with Gasteiger partial charge in [-0.25, -0.2) is 0 Å². The molecule has 124 valence electrons. The molecule has 1 saturated carbocycles. The van der Waals surface area contributed by atoms with Gasteiger partial charge >= 0.3 is 0 Å². The average molecular weight is 324 g/mol. The number of aromatic hydroxyl groups is 1. The largest absolute Gasteiger partial charge is 0.504 e. The minimum Gasteiger partial charge on any atom is -0.504 e. The van der Waals surface area contributed by atoms with Gasteiger partial charge in [0, 0.05) is 0 Å². The lowest BCUT2D eigenvalue weighted by atomic mass is 10.1. The molecule has 4 heteroatoms. The fourth-order valence-corrected chi connectivity index (χ4v) is 2.36. The summed E-state index contributed by atoms with van der Waals surface area (Å²) in [6, 6.07) is 11.2. The zero-order valence-electron chi connectivity index (χ0n) is 13.6. The van der Waals surface area contributed by atoms with Crippen molar-refractivity contribution in [1.82, 2.24) is 0 Å². The number of carbonyl (C=O) groups excluding carboxylic acids is 1. The zero-order valence-corrected chi connectivity index (χ0v) is 13.6. The van der Waals surface area contributed by atoms with Crippen LogP contribution in [0.25, 0.3) is 12.2 Å². The minimum absolute atomic E-state index is 0.137. The number of hydrogen-bond acceptors (Lipinski definition) is 4. The zero-order chi connectivity index (χ0) is 16.9. The second-order valence-electron chi connectivity index (χ2n) is 5.94. The lowest BCUT2D eigenvalue weighted by molar-refractivity contribution is 0.112. The summed E-state index contributed by atoms with van der Waals surface area (Å²) >= 11 is 0. The van der Waals surface area contributed by atoms with Crippen LogP contribution in [0.15, 0.2) is 36.4 Å².